The summed E-state index contributed by atoms with van der Waals surface area (Å²) in [5, 5.41) is 7.01. The van der Waals surface area contributed by atoms with Crippen LogP contribution in [0.3, 0.4) is 0 Å². The molecule has 0 aliphatic heterocycles. The van der Waals surface area contributed by atoms with Crippen molar-refractivity contribution in [3.05, 3.63) is 29.7 Å². The number of nitrogens with zero attached hydrogens (tertiary/aromatic N) is 3. The van der Waals surface area contributed by atoms with Gasteiger partial charge in [-0.05, 0) is 7.05 Å². The van der Waals surface area contributed by atoms with Crippen LogP contribution in [0.2, 0.25) is 0 Å². The first-order valence-corrected chi connectivity index (χ1v) is 4.49. The van der Waals surface area contributed by atoms with Crippen LogP contribution in [-0.4, -0.2) is 27.6 Å². The summed E-state index contributed by atoms with van der Waals surface area (Å²) < 4.78 is 1.55. The van der Waals surface area contributed by atoms with E-state index in [4.69, 9.17) is 5.73 Å². The van der Waals surface area contributed by atoms with Crippen LogP contribution in [-0.2, 0) is 6.54 Å². The van der Waals surface area contributed by atoms with Crippen molar-refractivity contribution in [2.75, 3.05) is 7.05 Å². The molecule has 0 aliphatic rings. The fourth-order valence-corrected chi connectivity index (χ4v) is 1.38. The Labute approximate surface area is 86.1 Å². The quantitative estimate of drug-likeness (QED) is 0.710. The van der Waals surface area contributed by atoms with Gasteiger partial charge < -0.3 is 11.1 Å². The first kappa shape index (κ1) is 9.60. The molecule has 0 fully saturated rings. The van der Waals surface area contributed by atoms with Crippen molar-refractivity contribution in [2.45, 2.75) is 6.54 Å². The number of carbonyl (C=O) groups is 1. The van der Waals surface area contributed by atoms with Gasteiger partial charge in [-0.25, -0.2) is 9.50 Å². The first-order valence-electron chi connectivity index (χ1n) is 4.49. The van der Waals surface area contributed by atoms with Crippen LogP contribution in [0.1, 0.15) is 15.9 Å². The third kappa shape index (κ3) is 1.66. The van der Waals surface area contributed by atoms with Gasteiger partial charge in [0.15, 0.2) is 5.65 Å². The lowest BCUT2D eigenvalue weighted by Crippen LogP contribution is -2.11. The van der Waals surface area contributed by atoms with E-state index in [1.54, 1.807) is 10.7 Å². The molecule has 0 aromatic carbocycles. The summed E-state index contributed by atoms with van der Waals surface area (Å²) in [5.74, 6) is -0.515. The lowest BCUT2D eigenvalue weighted by Gasteiger charge is -2.00. The fraction of sp³-hybridized carbons (Fsp3) is 0.222. The Morgan fingerprint density at radius 1 is 1.60 bits per heavy atom. The second-order valence-corrected chi connectivity index (χ2v) is 3.18. The van der Waals surface area contributed by atoms with Gasteiger partial charge in [-0.1, -0.05) is 0 Å². The molecule has 2 aromatic heterocycles. The van der Waals surface area contributed by atoms with E-state index in [0.29, 0.717) is 17.8 Å². The van der Waals surface area contributed by atoms with Crippen molar-refractivity contribution in [1.29, 1.82) is 0 Å². The minimum atomic E-state index is -0.515. The highest BCUT2D eigenvalue weighted by atomic mass is 16.1. The van der Waals surface area contributed by atoms with Crippen LogP contribution < -0.4 is 11.1 Å². The van der Waals surface area contributed by atoms with E-state index < -0.39 is 5.91 Å². The number of hydrogen-bond donors (Lipinski definition) is 2. The van der Waals surface area contributed by atoms with Gasteiger partial charge in [0.1, 0.15) is 5.56 Å². The molecular weight excluding hydrogens is 194 g/mol. The molecule has 6 nitrogen and oxygen atoms in total. The molecule has 0 unspecified atom stereocenters. The van der Waals surface area contributed by atoms with E-state index in [9.17, 15) is 4.79 Å². The number of aromatic nitrogens is 3. The van der Waals surface area contributed by atoms with Gasteiger partial charge in [0.2, 0.25) is 0 Å². The Morgan fingerprint density at radius 3 is 3.07 bits per heavy atom. The van der Waals surface area contributed by atoms with Crippen molar-refractivity contribution in [1.82, 2.24) is 19.9 Å². The normalized spacial score (nSPS) is 10.7. The zero-order valence-electron chi connectivity index (χ0n) is 8.27. The lowest BCUT2D eigenvalue weighted by molar-refractivity contribution is 0.100. The van der Waals surface area contributed by atoms with Crippen LogP contribution in [0.5, 0.6) is 0 Å². The maximum atomic E-state index is 11.0. The molecule has 2 rings (SSSR count). The van der Waals surface area contributed by atoms with Crippen LogP contribution in [0.15, 0.2) is 18.6 Å². The molecule has 0 spiro atoms. The third-order valence-electron chi connectivity index (χ3n) is 2.06. The summed E-state index contributed by atoms with van der Waals surface area (Å²) >= 11 is 0. The van der Waals surface area contributed by atoms with Crippen molar-refractivity contribution in [3.8, 4) is 0 Å². The number of carbonyl (C=O) groups excluding carboxylic acids is 1. The molecule has 6 heteroatoms. The zero-order chi connectivity index (χ0) is 10.8. The Hall–Kier alpha value is -1.95. The van der Waals surface area contributed by atoms with E-state index in [2.05, 4.69) is 15.4 Å². The average molecular weight is 205 g/mol. The predicted octanol–water partition coefficient (Wildman–Crippen LogP) is -0.452. The number of rotatable bonds is 3. The lowest BCUT2D eigenvalue weighted by atomic mass is 10.3. The van der Waals surface area contributed by atoms with Crippen LogP contribution in [0.4, 0.5) is 0 Å². The third-order valence-corrected chi connectivity index (χ3v) is 2.06. The average Bonchev–Trinajstić information content (AvgIpc) is 2.61. The summed E-state index contributed by atoms with van der Waals surface area (Å²) in [6.07, 6.45) is 4.93. The monoisotopic (exact) mass is 205 g/mol. The highest BCUT2D eigenvalue weighted by Gasteiger charge is 2.10. The molecule has 0 atom stereocenters. The first-order chi connectivity index (χ1) is 7.22. The number of primary amides is 1. The SMILES string of the molecule is CNCc1cnc2c(C(N)=O)cnn2c1. The molecular formula is C9H11N5O. The molecule has 0 saturated carbocycles. The van der Waals surface area contributed by atoms with Gasteiger partial charge in [-0.15, -0.1) is 0 Å². The maximum Gasteiger partial charge on any atom is 0.254 e. The van der Waals surface area contributed by atoms with E-state index in [0.717, 1.165) is 5.56 Å². The number of nitrogens with two attached hydrogens (primary N) is 1. The number of hydrogen-bond acceptors (Lipinski definition) is 4. The van der Waals surface area contributed by atoms with Gasteiger partial charge in [0.05, 0.1) is 6.20 Å². The topological polar surface area (TPSA) is 85.3 Å². The molecule has 0 bridgehead atoms. The van der Waals surface area contributed by atoms with Gasteiger partial charge in [-0.2, -0.15) is 5.10 Å². The summed E-state index contributed by atoms with van der Waals surface area (Å²) in [4.78, 5) is 15.1. The largest absolute Gasteiger partial charge is 0.365 e. The predicted molar refractivity (Wildman–Crippen MR) is 54.3 cm³/mol. The van der Waals surface area contributed by atoms with Gasteiger partial charge >= 0.3 is 0 Å². The van der Waals surface area contributed by atoms with E-state index in [1.165, 1.54) is 6.20 Å². The van der Waals surface area contributed by atoms with Gasteiger partial charge in [0.25, 0.3) is 5.91 Å². The Morgan fingerprint density at radius 2 is 2.40 bits per heavy atom. The summed E-state index contributed by atoms with van der Waals surface area (Å²) in [6.45, 7) is 0.703. The minimum absolute atomic E-state index is 0.339. The van der Waals surface area contributed by atoms with Crippen LogP contribution in [0, 0.1) is 0 Å². The van der Waals surface area contributed by atoms with Crippen molar-refractivity contribution in [3.63, 3.8) is 0 Å². The Balaban J connectivity index is 2.51. The Bertz CT molecular complexity index is 504. The van der Waals surface area contributed by atoms with Gasteiger partial charge in [-0.3, -0.25) is 4.79 Å². The number of amides is 1. The summed E-state index contributed by atoms with van der Waals surface area (Å²) in [6, 6.07) is 0. The summed E-state index contributed by atoms with van der Waals surface area (Å²) in [7, 11) is 1.85. The van der Waals surface area contributed by atoms with Crippen molar-refractivity contribution < 1.29 is 4.79 Å². The molecule has 0 aliphatic carbocycles. The van der Waals surface area contributed by atoms with Crippen molar-refractivity contribution >= 4 is 11.6 Å². The molecule has 3 N–H and O–H groups in total. The number of nitrogens with one attached hydrogen (secondary N) is 1. The van der Waals surface area contributed by atoms with Crippen LogP contribution in [0.25, 0.3) is 5.65 Å². The minimum Gasteiger partial charge on any atom is -0.365 e. The highest BCUT2D eigenvalue weighted by molar-refractivity contribution is 5.98. The zero-order valence-corrected chi connectivity index (χ0v) is 8.27. The smallest absolute Gasteiger partial charge is 0.254 e. The second kappa shape index (κ2) is 3.66. The highest BCUT2D eigenvalue weighted by Crippen LogP contribution is 2.07. The molecule has 0 saturated heterocycles. The van der Waals surface area contributed by atoms with Gasteiger partial charge in [0, 0.05) is 24.5 Å². The molecule has 1 amide bonds. The molecule has 2 heterocycles. The fourth-order valence-electron chi connectivity index (χ4n) is 1.38. The van der Waals surface area contributed by atoms with E-state index in [1.807, 2.05) is 13.2 Å². The molecule has 2 aromatic rings. The van der Waals surface area contributed by atoms with Crippen molar-refractivity contribution in [2.24, 2.45) is 5.73 Å². The maximum absolute atomic E-state index is 11.0. The molecule has 78 valence electrons. The number of fused-ring (bicyclic) bond motifs is 1. The summed E-state index contributed by atoms with van der Waals surface area (Å²) in [5.41, 5.74) is 6.99. The van der Waals surface area contributed by atoms with E-state index in [-0.39, 0.29) is 0 Å². The Kier molecular flexibility index (Phi) is 2.34. The van der Waals surface area contributed by atoms with E-state index >= 15 is 0 Å². The standard InChI is InChI=1S/C9H11N5O/c1-11-2-6-3-12-9-7(8(10)15)4-13-14(9)5-6/h3-5,11H,2H2,1H3,(H2,10,15). The molecule has 15 heavy (non-hydrogen) atoms. The van der Waals surface area contributed by atoms with Crippen LogP contribution >= 0.6 is 0 Å². The second-order valence-electron chi connectivity index (χ2n) is 3.18. The molecule has 0 radical (unpaired) electrons.